The summed E-state index contributed by atoms with van der Waals surface area (Å²) in [5.74, 6) is 0.516. The van der Waals surface area contributed by atoms with E-state index in [1.165, 1.54) is 0 Å². The van der Waals surface area contributed by atoms with E-state index in [9.17, 15) is 9.59 Å². The Morgan fingerprint density at radius 2 is 1.82 bits per heavy atom. The lowest BCUT2D eigenvalue weighted by Crippen LogP contribution is -2.53. The molecule has 2 aliphatic rings. The van der Waals surface area contributed by atoms with Gasteiger partial charge in [-0.15, -0.1) is 0 Å². The number of piperazine rings is 1. The SMILES string of the molecule is O=C(NCc1cccc(Cl)c1)N1CCN(C(=O)C2CC2)CC1. The molecule has 1 saturated heterocycles. The van der Waals surface area contributed by atoms with Crippen molar-refractivity contribution in [2.75, 3.05) is 26.2 Å². The van der Waals surface area contributed by atoms with E-state index >= 15 is 0 Å². The summed E-state index contributed by atoms with van der Waals surface area (Å²) in [6, 6.07) is 7.36. The van der Waals surface area contributed by atoms with Gasteiger partial charge in [-0.25, -0.2) is 4.79 Å². The van der Waals surface area contributed by atoms with Gasteiger partial charge in [0, 0.05) is 43.7 Å². The number of hydrogen-bond acceptors (Lipinski definition) is 2. The minimum atomic E-state index is -0.0847. The van der Waals surface area contributed by atoms with Crippen molar-refractivity contribution in [3.8, 4) is 0 Å². The number of hydrogen-bond donors (Lipinski definition) is 1. The Kier molecular flexibility index (Phi) is 4.52. The van der Waals surface area contributed by atoms with Crippen molar-refractivity contribution < 1.29 is 9.59 Å². The van der Waals surface area contributed by atoms with Crippen LogP contribution < -0.4 is 5.32 Å². The highest BCUT2D eigenvalue weighted by molar-refractivity contribution is 6.30. The fourth-order valence-electron chi connectivity index (χ4n) is 2.65. The van der Waals surface area contributed by atoms with Gasteiger partial charge in [0.05, 0.1) is 0 Å². The van der Waals surface area contributed by atoms with Gasteiger partial charge in [0.2, 0.25) is 5.91 Å². The maximum atomic E-state index is 12.2. The van der Waals surface area contributed by atoms with Crippen LogP contribution in [0.2, 0.25) is 5.02 Å². The molecule has 3 amide bonds. The second-order valence-electron chi connectivity index (χ2n) is 5.88. The van der Waals surface area contributed by atoms with Gasteiger partial charge in [-0.2, -0.15) is 0 Å². The molecule has 1 aliphatic heterocycles. The maximum absolute atomic E-state index is 12.2. The maximum Gasteiger partial charge on any atom is 0.317 e. The second kappa shape index (κ2) is 6.57. The molecule has 1 aromatic carbocycles. The van der Waals surface area contributed by atoms with Gasteiger partial charge in [-0.3, -0.25) is 4.79 Å². The van der Waals surface area contributed by atoms with E-state index in [1.807, 2.05) is 29.2 Å². The summed E-state index contributed by atoms with van der Waals surface area (Å²) < 4.78 is 0. The van der Waals surface area contributed by atoms with Gasteiger partial charge in [0.1, 0.15) is 0 Å². The summed E-state index contributed by atoms with van der Waals surface area (Å²) in [6.45, 7) is 2.93. The number of carbonyl (C=O) groups excluding carboxylic acids is 2. The highest BCUT2D eigenvalue weighted by atomic mass is 35.5. The number of benzene rings is 1. The van der Waals surface area contributed by atoms with Crippen LogP contribution in [0, 0.1) is 5.92 Å². The van der Waals surface area contributed by atoms with Crippen molar-refractivity contribution in [1.29, 1.82) is 0 Å². The predicted octanol–water partition coefficient (Wildman–Crippen LogP) is 2.10. The van der Waals surface area contributed by atoms with Crippen LogP contribution in [0.1, 0.15) is 18.4 Å². The molecule has 2 fully saturated rings. The summed E-state index contributed by atoms with van der Waals surface area (Å²) >= 11 is 5.92. The molecule has 1 N–H and O–H groups in total. The van der Waals surface area contributed by atoms with E-state index in [-0.39, 0.29) is 17.9 Å². The first kappa shape index (κ1) is 15.2. The average Bonchev–Trinajstić information content (AvgIpc) is 3.37. The number of carbonyl (C=O) groups is 2. The monoisotopic (exact) mass is 321 g/mol. The number of urea groups is 1. The molecule has 6 heteroatoms. The molecule has 0 spiro atoms. The first-order valence-electron chi connectivity index (χ1n) is 7.69. The van der Waals surface area contributed by atoms with E-state index in [0.717, 1.165) is 18.4 Å². The molecule has 0 radical (unpaired) electrons. The van der Waals surface area contributed by atoms with Crippen molar-refractivity contribution >= 4 is 23.5 Å². The molecule has 0 unspecified atom stereocenters. The number of nitrogens with zero attached hydrogens (tertiary/aromatic N) is 2. The topological polar surface area (TPSA) is 52.7 Å². The Morgan fingerprint density at radius 1 is 1.14 bits per heavy atom. The van der Waals surface area contributed by atoms with Gasteiger partial charge in [-0.05, 0) is 30.5 Å². The predicted molar refractivity (Wildman–Crippen MR) is 84.6 cm³/mol. The lowest BCUT2D eigenvalue weighted by molar-refractivity contribution is -0.133. The third-order valence-corrected chi connectivity index (χ3v) is 4.37. The molecular formula is C16H20ClN3O2. The Balaban J connectivity index is 1.44. The van der Waals surface area contributed by atoms with Gasteiger partial charge in [0.25, 0.3) is 0 Å². The van der Waals surface area contributed by atoms with E-state index in [1.54, 1.807) is 4.90 Å². The minimum Gasteiger partial charge on any atom is -0.339 e. The number of nitrogens with one attached hydrogen (secondary N) is 1. The smallest absolute Gasteiger partial charge is 0.317 e. The average molecular weight is 322 g/mol. The van der Waals surface area contributed by atoms with Gasteiger partial charge >= 0.3 is 6.03 Å². The molecule has 0 atom stereocenters. The van der Waals surface area contributed by atoms with Crippen LogP contribution in [0.25, 0.3) is 0 Å². The van der Waals surface area contributed by atoms with Crippen LogP contribution in [-0.2, 0) is 11.3 Å². The van der Waals surface area contributed by atoms with Gasteiger partial charge < -0.3 is 15.1 Å². The van der Waals surface area contributed by atoms with Crippen LogP contribution in [0.5, 0.6) is 0 Å². The Labute approximate surface area is 135 Å². The highest BCUT2D eigenvalue weighted by Crippen LogP contribution is 2.31. The molecule has 1 heterocycles. The lowest BCUT2D eigenvalue weighted by Gasteiger charge is -2.34. The fourth-order valence-corrected chi connectivity index (χ4v) is 2.87. The van der Waals surface area contributed by atoms with Crippen molar-refractivity contribution in [2.45, 2.75) is 19.4 Å². The minimum absolute atomic E-state index is 0.0847. The zero-order chi connectivity index (χ0) is 15.5. The van der Waals surface area contributed by atoms with Gasteiger partial charge in [-0.1, -0.05) is 23.7 Å². The Bertz CT molecular complexity index is 566. The largest absolute Gasteiger partial charge is 0.339 e. The molecule has 1 aliphatic carbocycles. The number of amides is 3. The van der Waals surface area contributed by atoms with Crippen molar-refractivity contribution in [3.63, 3.8) is 0 Å². The summed E-state index contributed by atoms with van der Waals surface area (Å²) in [7, 11) is 0. The molecule has 5 nitrogen and oxygen atoms in total. The van der Waals surface area contributed by atoms with E-state index in [4.69, 9.17) is 11.6 Å². The summed E-state index contributed by atoms with van der Waals surface area (Å²) in [5, 5.41) is 3.57. The van der Waals surface area contributed by atoms with E-state index in [0.29, 0.717) is 37.7 Å². The van der Waals surface area contributed by atoms with Crippen molar-refractivity contribution in [1.82, 2.24) is 15.1 Å². The van der Waals surface area contributed by atoms with Crippen molar-refractivity contribution in [2.24, 2.45) is 5.92 Å². The molecule has 1 aromatic rings. The molecule has 118 valence electrons. The normalized spacial score (nSPS) is 18.2. The Morgan fingerprint density at radius 3 is 2.45 bits per heavy atom. The first-order chi connectivity index (χ1) is 10.6. The molecular weight excluding hydrogens is 302 g/mol. The zero-order valence-electron chi connectivity index (χ0n) is 12.4. The molecule has 22 heavy (non-hydrogen) atoms. The summed E-state index contributed by atoms with van der Waals surface area (Å²) in [6.07, 6.45) is 2.05. The summed E-state index contributed by atoms with van der Waals surface area (Å²) in [4.78, 5) is 27.8. The fraction of sp³-hybridized carbons (Fsp3) is 0.500. The molecule has 0 aromatic heterocycles. The quantitative estimate of drug-likeness (QED) is 0.927. The molecule has 3 rings (SSSR count). The first-order valence-corrected chi connectivity index (χ1v) is 8.07. The van der Waals surface area contributed by atoms with Gasteiger partial charge in [0.15, 0.2) is 0 Å². The molecule has 1 saturated carbocycles. The van der Waals surface area contributed by atoms with E-state index < -0.39 is 0 Å². The summed E-state index contributed by atoms with van der Waals surface area (Å²) in [5.41, 5.74) is 0.975. The lowest BCUT2D eigenvalue weighted by atomic mass is 10.2. The zero-order valence-corrected chi connectivity index (χ0v) is 13.2. The van der Waals surface area contributed by atoms with E-state index in [2.05, 4.69) is 5.32 Å². The third-order valence-electron chi connectivity index (χ3n) is 4.14. The van der Waals surface area contributed by atoms with Crippen LogP contribution >= 0.6 is 11.6 Å². The van der Waals surface area contributed by atoms with Crippen LogP contribution in [-0.4, -0.2) is 47.9 Å². The van der Waals surface area contributed by atoms with Crippen LogP contribution in [0.15, 0.2) is 24.3 Å². The van der Waals surface area contributed by atoms with Crippen LogP contribution in [0.3, 0.4) is 0 Å². The molecule has 0 bridgehead atoms. The van der Waals surface area contributed by atoms with Crippen LogP contribution in [0.4, 0.5) is 4.79 Å². The van der Waals surface area contributed by atoms with Crippen molar-refractivity contribution in [3.05, 3.63) is 34.9 Å². The standard InChI is InChI=1S/C16H20ClN3O2/c17-14-3-1-2-12(10-14)11-18-16(22)20-8-6-19(7-9-20)15(21)13-4-5-13/h1-3,10,13H,4-9,11H2,(H,18,22). The third kappa shape index (κ3) is 3.71. The number of rotatable bonds is 3. The highest BCUT2D eigenvalue weighted by Gasteiger charge is 2.35. The Hall–Kier alpha value is -1.75. The number of halogens is 1. The second-order valence-corrected chi connectivity index (χ2v) is 6.31.